The smallest absolute Gasteiger partial charge is 0.249 e. The van der Waals surface area contributed by atoms with Crippen LogP contribution in [0.25, 0.3) is 0 Å². The number of nitrogens with zero attached hydrogens (tertiary/aromatic N) is 2. The lowest BCUT2D eigenvalue weighted by Gasteiger charge is -2.39. The van der Waals surface area contributed by atoms with Crippen molar-refractivity contribution in [3.05, 3.63) is 29.3 Å². The van der Waals surface area contributed by atoms with Gasteiger partial charge in [0.25, 0.3) is 0 Å². The molecule has 19 heavy (non-hydrogen) atoms. The largest absolute Gasteiger partial charge is 0.329 e. The van der Waals surface area contributed by atoms with E-state index in [0.717, 1.165) is 11.3 Å². The second-order valence-electron chi connectivity index (χ2n) is 5.10. The van der Waals surface area contributed by atoms with Crippen molar-refractivity contribution in [1.82, 2.24) is 4.90 Å². The van der Waals surface area contributed by atoms with E-state index in [2.05, 4.69) is 0 Å². The van der Waals surface area contributed by atoms with Crippen molar-refractivity contribution in [1.29, 1.82) is 0 Å². The Hall–Kier alpha value is -1.84. The van der Waals surface area contributed by atoms with Gasteiger partial charge < -0.3 is 9.80 Å². The van der Waals surface area contributed by atoms with Crippen LogP contribution < -0.4 is 4.90 Å². The second kappa shape index (κ2) is 5.03. The highest BCUT2D eigenvalue weighted by Gasteiger charge is 2.34. The van der Waals surface area contributed by atoms with E-state index in [-0.39, 0.29) is 17.9 Å². The van der Waals surface area contributed by atoms with Crippen LogP contribution in [-0.4, -0.2) is 35.8 Å². The van der Waals surface area contributed by atoms with Gasteiger partial charge in [-0.2, -0.15) is 0 Å². The average molecular weight is 260 g/mol. The normalized spacial score (nSPS) is 19.8. The lowest BCUT2D eigenvalue weighted by molar-refractivity contribution is -0.139. The van der Waals surface area contributed by atoms with Gasteiger partial charge in [-0.05, 0) is 38.0 Å². The summed E-state index contributed by atoms with van der Waals surface area (Å²) < 4.78 is 0. The molecule has 1 aromatic rings. The number of hydrogen-bond acceptors (Lipinski definition) is 2. The van der Waals surface area contributed by atoms with Gasteiger partial charge in [-0.25, -0.2) is 0 Å². The van der Waals surface area contributed by atoms with Crippen molar-refractivity contribution in [3.63, 3.8) is 0 Å². The standard InChI is InChI=1S/C15H20N2O2/c1-10-6-5-7-14(11(10)2)17-9-8-16(13(4)18)12(3)15(17)19/h5-7,12H,8-9H2,1-4H3/t12-/m0/s1. The van der Waals surface area contributed by atoms with Gasteiger partial charge in [0, 0.05) is 25.7 Å². The lowest BCUT2D eigenvalue weighted by Crippen LogP contribution is -2.57. The minimum absolute atomic E-state index is 0.00449. The van der Waals surface area contributed by atoms with Crippen LogP contribution in [0.1, 0.15) is 25.0 Å². The Kier molecular flexibility index (Phi) is 3.60. The van der Waals surface area contributed by atoms with Gasteiger partial charge in [-0.15, -0.1) is 0 Å². The minimum Gasteiger partial charge on any atom is -0.329 e. The quantitative estimate of drug-likeness (QED) is 0.773. The molecule has 1 saturated heterocycles. The molecule has 1 aliphatic rings. The molecular weight excluding hydrogens is 240 g/mol. The zero-order valence-electron chi connectivity index (χ0n) is 11.9. The van der Waals surface area contributed by atoms with E-state index < -0.39 is 0 Å². The molecule has 0 spiro atoms. The molecule has 0 N–H and O–H groups in total. The van der Waals surface area contributed by atoms with Crippen LogP contribution in [0.4, 0.5) is 5.69 Å². The third-order valence-corrected chi connectivity index (χ3v) is 3.93. The first-order chi connectivity index (χ1) is 8.93. The van der Waals surface area contributed by atoms with E-state index in [0.29, 0.717) is 13.1 Å². The fourth-order valence-corrected chi connectivity index (χ4v) is 2.57. The highest BCUT2D eigenvalue weighted by molar-refractivity contribution is 6.00. The van der Waals surface area contributed by atoms with Crippen LogP contribution in [0, 0.1) is 13.8 Å². The van der Waals surface area contributed by atoms with Gasteiger partial charge in [-0.3, -0.25) is 9.59 Å². The Morgan fingerprint density at radius 2 is 1.95 bits per heavy atom. The molecule has 0 radical (unpaired) electrons. The highest BCUT2D eigenvalue weighted by atomic mass is 16.2. The summed E-state index contributed by atoms with van der Waals surface area (Å²) in [4.78, 5) is 27.3. The van der Waals surface area contributed by atoms with Crippen LogP contribution in [0.3, 0.4) is 0 Å². The molecule has 4 heteroatoms. The van der Waals surface area contributed by atoms with Gasteiger partial charge in [-0.1, -0.05) is 12.1 Å². The van der Waals surface area contributed by atoms with Gasteiger partial charge >= 0.3 is 0 Å². The number of hydrogen-bond donors (Lipinski definition) is 0. The maximum absolute atomic E-state index is 12.4. The molecule has 0 aromatic heterocycles. The molecule has 4 nitrogen and oxygen atoms in total. The number of rotatable bonds is 1. The van der Waals surface area contributed by atoms with E-state index in [1.165, 1.54) is 12.5 Å². The monoisotopic (exact) mass is 260 g/mol. The zero-order chi connectivity index (χ0) is 14.2. The maximum atomic E-state index is 12.4. The number of aryl methyl sites for hydroxylation is 1. The van der Waals surface area contributed by atoms with Crippen LogP contribution in [0.2, 0.25) is 0 Å². The van der Waals surface area contributed by atoms with E-state index in [4.69, 9.17) is 0 Å². The number of anilines is 1. The highest BCUT2D eigenvalue weighted by Crippen LogP contribution is 2.26. The van der Waals surface area contributed by atoms with Gasteiger partial charge in [0.1, 0.15) is 6.04 Å². The van der Waals surface area contributed by atoms with E-state index in [9.17, 15) is 9.59 Å². The van der Waals surface area contributed by atoms with Crippen LogP contribution in [0.5, 0.6) is 0 Å². The lowest BCUT2D eigenvalue weighted by atomic mass is 10.0. The second-order valence-corrected chi connectivity index (χ2v) is 5.10. The van der Waals surface area contributed by atoms with E-state index in [1.54, 1.807) is 16.7 Å². The molecule has 0 saturated carbocycles. The molecule has 102 valence electrons. The Morgan fingerprint density at radius 3 is 2.58 bits per heavy atom. The van der Waals surface area contributed by atoms with Crippen molar-refractivity contribution in [2.75, 3.05) is 18.0 Å². The van der Waals surface area contributed by atoms with Crippen LogP contribution >= 0.6 is 0 Å². The van der Waals surface area contributed by atoms with Crippen LogP contribution in [-0.2, 0) is 9.59 Å². The number of carbonyl (C=O) groups excluding carboxylic acids is 2. The molecule has 2 rings (SSSR count). The van der Waals surface area contributed by atoms with E-state index >= 15 is 0 Å². The number of amides is 2. The molecule has 1 aromatic carbocycles. The molecule has 1 heterocycles. The van der Waals surface area contributed by atoms with Crippen molar-refractivity contribution in [3.8, 4) is 0 Å². The van der Waals surface area contributed by atoms with Crippen molar-refractivity contribution >= 4 is 17.5 Å². The fourth-order valence-electron chi connectivity index (χ4n) is 2.57. The predicted octanol–water partition coefficient (Wildman–Crippen LogP) is 1.89. The summed E-state index contributed by atoms with van der Waals surface area (Å²) in [7, 11) is 0. The van der Waals surface area contributed by atoms with Gasteiger partial charge in [0.05, 0.1) is 0 Å². The van der Waals surface area contributed by atoms with Crippen molar-refractivity contribution in [2.45, 2.75) is 33.7 Å². The molecule has 2 amide bonds. The third-order valence-electron chi connectivity index (χ3n) is 3.93. The number of piperazine rings is 1. The van der Waals surface area contributed by atoms with E-state index in [1.807, 2.05) is 32.0 Å². The SMILES string of the molecule is CC(=O)N1CCN(c2cccc(C)c2C)C(=O)[C@@H]1C. The summed E-state index contributed by atoms with van der Waals surface area (Å²) in [6.45, 7) is 8.53. The molecule has 0 aliphatic carbocycles. The first-order valence-corrected chi connectivity index (χ1v) is 6.58. The summed E-state index contributed by atoms with van der Waals surface area (Å²) in [5.41, 5.74) is 3.26. The summed E-state index contributed by atoms with van der Waals surface area (Å²) in [6, 6.07) is 5.59. The van der Waals surface area contributed by atoms with Gasteiger partial charge in [0.15, 0.2) is 0 Å². The van der Waals surface area contributed by atoms with Crippen molar-refractivity contribution in [2.24, 2.45) is 0 Å². The minimum atomic E-state index is -0.383. The summed E-state index contributed by atoms with van der Waals surface area (Å²) in [5.74, 6) is -0.0448. The maximum Gasteiger partial charge on any atom is 0.249 e. The summed E-state index contributed by atoms with van der Waals surface area (Å²) in [6.07, 6.45) is 0. The topological polar surface area (TPSA) is 40.6 Å². The fraction of sp³-hybridized carbons (Fsp3) is 0.467. The van der Waals surface area contributed by atoms with Gasteiger partial charge in [0.2, 0.25) is 11.8 Å². The molecular formula is C15H20N2O2. The zero-order valence-corrected chi connectivity index (χ0v) is 11.9. The Bertz CT molecular complexity index is 525. The molecule has 1 atom stereocenters. The Morgan fingerprint density at radius 1 is 1.26 bits per heavy atom. The Labute approximate surface area is 114 Å². The first kappa shape index (κ1) is 13.6. The predicted molar refractivity (Wildman–Crippen MR) is 75.1 cm³/mol. The van der Waals surface area contributed by atoms with Crippen molar-refractivity contribution < 1.29 is 9.59 Å². The molecule has 1 fully saturated rings. The first-order valence-electron chi connectivity index (χ1n) is 6.58. The summed E-state index contributed by atoms with van der Waals surface area (Å²) >= 11 is 0. The molecule has 1 aliphatic heterocycles. The third kappa shape index (κ3) is 2.35. The Balaban J connectivity index is 2.31. The summed E-state index contributed by atoms with van der Waals surface area (Å²) in [5, 5.41) is 0. The molecule has 0 bridgehead atoms. The number of carbonyl (C=O) groups is 2. The van der Waals surface area contributed by atoms with Crippen LogP contribution in [0.15, 0.2) is 18.2 Å². The average Bonchev–Trinajstić information content (AvgIpc) is 2.36. The molecule has 0 unspecified atom stereocenters. The number of benzene rings is 1.